The summed E-state index contributed by atoms with van der Waals surface area (Å²) < 4.78 is 315. The number of benzene rings is 12. The zero-order valence-corrected chi connectivity index (χ0v) is 45.0. The minimum absolute atomic E-state index is 0.000555. The van der Waals surface area contributed by atoms with Crippen molar-refractivity contribution < 1.29 is 45.2 Å². The number of hydrogen-bond donors (Lipinski definition) is 0. The maximum absolute atomic E-state index is 11.2. The van der Waals surface area contributed by atoms with Gasteiger partial charge in [0.05, 0.1) is 73.0 Å². The van der Waals surface area contributed by atoms with Crippen LogP contribution in [0.5, 0.6) is 0 Å². The van der Waals surface area contributed by atoms with E-state index in [4.69, 9.17) is 32.8 Å². The number of para-hydroxylation sites is 5. The Bertz CT molecular complexity index is 6900. The van der Waals surface area contributed by atoms with E-state index in [0.717, 1.165) is 20.3 Å². The lowest BCUT2D eigenvalue weighted by Crippen LogP contribution is -2.74. The summed E-state index contributed by atoms with van der Waals surface area (Å²) in [6, 6.07) is -3.66. The number of fused-ring (bicyclic) bond motifs is 9. The Morgan fingerprint density at radius 3 is 1.51 bits per heavy atom. The molecular weight excluding hydrogens is 1030 g/mol. The van der Waals surface area contributed by atoms with Gasteiger partial charge >= 0.3 is 0 Å². The molecule has 12 aromatic carbocycles. The first-order valence-corrected chi connectivity index (χ1v) is 28.2. The lowest BCUT2D eigenvalue weighted by Gasteiger charge is -2.35. The van der Waals surface area contributed by atoms with Crippen LogP contribution in [0.1, 0.15) is 70.2 Å². The summed E-state index contributed by atoms with van der Waals surface area (Å²) in [6.07, 6.45) is 0. The number of nitrogens with zero attached hydrogens (tertiary/aromatic N) is 5. The maximum atomic E-state index is 11.2. The van der Waals surface area contributed by atoms with E-state index in [2.05, 4.69) is 0 Å². The lowest BCUT2D eigenvalue weighted by molar-refractivity contribution is 0.662. The van der Waals surface area contributed by atoms with Gasteiger partial charge in [0.15, 0.2) is 19.7 Å². The van der Waals surface area contributed by atoms with Crippen molar-refractivity contribution in [1.29, 1.82) is 0 Å². The summed E-state index contributed by atoms with van der Waals surface area (Å²) in [4.78, 5) is 14.5. The normalized spacial score (nSPS) is 18.8. The van der Waals surface area contributed by atoms with Crippen LogP contribution in [-0.2, 0) is 5.41 Å². The van der Waals surface area contributed by atoms with Crippen molar-refractivity contribution in [3.63, 3.8) is 0 Å². The van der Waals surface area contributed by atoms with Gasteiger partial charge in [0.25, 0.3) is 0 Å². The Morgan fingerprint density at radius 1 is 0.345 bits per heavy atom. The van der Waals surface area contributed by atoms with Crippen molar-refractivity contribution in [2.24, 2.45) is 0 Å². The van der Waals surface area contributed by atoms with E-state index in [1.807, 2.05) is 44.2 Å². The molecule has 0 saturated carbocycles. The van der Waals surface area contributed by atoms with Gasteiger partial charge in [0.1, 0.15) is 0 Å². The molecular formula is C78H55N5Si. The number of hydrogen-bond acceptors (Lipinski definition) is 3. The van der Waals surface area contributed by atoms with Crippen molar-refractivity contribution >= 4 is 72.4 Å². The summed E-state index contributed by atoms with van der Waals surface area (Å²) in [6.45, 7) is 3.88. The predicted molar refractivity (Wildman–Crippen MR) is 351 cm³/mol. The second-order valence-corrected chi connectivity index (χ2v) is 23.8. The first kappa shape index (κ1) is 26.1. The van der Waals surface area contributed by atoms with Crippen LogP contribution in [-0.4, -0.2) is 32.2 Å². The van der Waals surface area contributed by atoms with Crippen molar-refractivity contribution in [1.82, 2.24) is 24.1 Å². The van der Waals surface area contributed by atoms with E-state index in [9.17, 15) is 27.4 Å². The Balaban J connectivity index is 1.12. The topological polar surface area (TPSA) is 48.5 Å². The molecule has 15 aromatic rings. The zero-order valence-electron chi connectivity index (χ0n) is 77.0. The van der Waals surface area contributed by atoms with Crippen LogP contribution in [0, 0.1) is 0 Å². The second-order valence-electron chi connectivity index (χ2n) is 20.2. The van der Waals surface area contributed by atoms with Gasteiger partial charge in [-0.05, 0) is 102 Å². The highest BCUT2D eigenvalue weighted by Crippen LogP contribution is 2.52. The highest BCUT2D eigenvalue weighted by atomic mass is 28.3. The molecule has 0 spiro atoms. The average molecular weight is 1120 g/mol. The third-order valence-electron chi connectivity index (χ3n) is 15.4. The Kier molecular flexibility index (Phi) is 6.10. The minimum Gasteiger partial charge on any atom is -0.309 e. The molecule has 0 fully saturated rings. The largest absolute Gasteiger partial charge is 0.309 e. The highest BCUT2D eigenvalue weighted by Gasteiger charge is 2.43. The molecule has 0 N–H and O–H groups in total. The van der Waals surface area contributed by atoms with E-state index in [1.165, 1.54) is 48.5 Å². The minimum atomic E-state index is -5.48. The SMILES string of the molecule is [2H]c1c([2H])c([2H])c(-c2ccc([Si](c3ccccc3)(c3c([2H])c([2H])c([2H])c(-c4nc(-c5c([2H])c([2H])c([2H])c([2H])c5-n5c6c([2H])c([2H])c([2H])c([2H])c6c6c([2H])c([2H])c([2H])c([2H])c65)nc(-n5c6c([2H])c([2H])c([2H])c([2H])c6c6c([2H])c([2H])c([2H])c([2H])c65)n4)c3[2H])c3c([2H])c([2H])c([2H])c(-c4cccc5c4C(C)(C)c4ccccc4-5)c3[2H])cc2)c([2H])c1[2H]. The van der Waals surface area contributed by atoms with Crippen LogP contribution in [0.15, 0.2) is 296 Å². The quantitative estimate of drug-likeness (QED) is 0.101. The predicted octanol–water partition coefficient (Wildman–Crippen LogP) is 16.4. The molecule has 3 aromatic heterocycles. The molecule has 0 aliphatic heterocycles. The van der Waals surface area contributed by atoms with E-state index in [-0.39, 0.29) is 32.6 Å². The van der Waals surface area contributed by atoms with Crippen LogP contribution < -0.4 is 20.7 Å². The van der Waals surface area contributed by atoms with Crippen LogP contribution in [0.2, 0.25) is 0 Å². The van der Waals surface area contributed by atoms with Gasteiger partial charge in [0.2, 0.25) is 5.95 Å². The first-order valence-electron chi connectivity index (χ1n) is 42.7. The molecule has 84 heavy (non-hydrogen) atoms. The third-order valence-corrected chi connectivity index (χ3v) is 19.8. The molecule has 0 amide bonds. The highest BCUT2D eigenvalue weighted by molar-refractivity contribution is 7.20. The average Bonchev–Trinajstić information content (AvgIpc) is 1.20. The van der Waals surface area contributed by atoms with Crippen molar-refractivity contribution in [2.45, 2.75) is 19.3 Å². The summed E-state index contributed by atoms with van der Waals surface area (Å²) in [7, 11) is -5.48. The van der Waals surface area contributed by atoms with Crippen LogP contribution in [0.25, 0.3) is 111 Å². The fourth-order valence-electron chi connectivity index (χ4n) is 11.8. The molecule has 5 nitrogen and oxygen atoms in total. The molecule has 1 atom stereocenters. The molecule has 0 bridgehead atoms. The summed E-state index contributed by atoms with van der Waals surface area (Å²) in [5.41, 5.74) is -3.77. The first-order chi connectivity index (χ1) is 55.1. The molecule has 1 aliphatic carbocycles. The van der Waals surface area contributed by atoms with Gasteiger partial charge in [-0.2, -0.15) is 9.97 Å². The Morgan fingerprint density at radius 2 is 0.845 bits per heavy atom. The van der Waals surface area contributed by atoms with Crippen LogP contribution >= 0.6 is 0 Å². The fourth-order valence-corrected chi connectivity index (χ4v) is 16.0. The van der Waals surface area contributed by atoms with Gasteiger partial charge in [-0.3, -0.25) is 4.57 Å². The molecule has 1 aliphatic rings. The lowest BCUT2D eigenvalue weighted by atomic mass is 9.79. The maximum Gasteiger partial charge on any atom is 0.238 e. The van der Waals surface area contributed by atoms with Gasteiger partial charge < -0.3 is 4.57 Å². The van der Waals surface area contributed by atoms with E-state index >= 15 is 0 Å². The Labute approximate surface area is 535 Å². The molecule has 1 unspecified atom stereocenters. The molecule has 16 rings (SSSR count). The number of aromatic nitrogens is 5. The summed E-state index contributed by atoms with van der Waals surface area (Å²) in [5, 5.41) is -3.31. The molecule has 0 saturated heterocycles. The van der Waals surface area contributed by atoms with Crippen molar-refractivity contribution in [2.75, 3.05) is 0 Å². The van der Waals surface area contributed by atoms with E-state index in [1.54, 1.807) is 18.2 Å². The molecule has 396 valence electrons. The summed E-state index contributed by atoms with van der Waals surface area (Å²) in [5.74, 6) is -3.14. The molecule has 3 heterocycles. The Hall–Kier alpha value is -10.5. The van der Waals surface area contributed by atoms with E-state index in [0.29, 0.717) is 11.1 Å². The smallest absolute Gasteiger partial charge is 0.238 e. The monoisotopic (exact) mass is 1120 g/mol. The second kappa shape index (κ2) is 19.6. The summed E-state index contributed by atoms with van der Waals surface area (Å²) >= 11 is 0. The molecule has 0 radical (unpaired) electrons. The van der Waals surface area contributed by atoms with Crippen LogP contribution in [0.4, 0.5) is 0 Å². The van der Waals surface area contributed by atoms with Gasteiger partial charge in [-0.15, -0.1) is 0 Å². The number of rotatable bonds is 10. The van der Waals surface area contributed by atoms with Gasteiger partial charge in [-0.25, -0.2) is 4.98 Å². The van der Waals surface area contributed by atoms with Crippen molar-refractivity contribution in [3.8, 4) is 67.8 Å². The van der Waals surface area contributed by atoms with Crippen molar-refractivity contribution in [3.05, 3.63) is 308 Å². The van der Waals surface area contributed by atoms with Gasteiger partial charge in [-0.1, -0.05) is 274 Å². The zero-order chi connectivity index (χ0) is 84.7. The third kappa shape index (κ3) is 7.64. The fraction of sp³-hybridized carbons (Fsp3) is 0.0385. The van der Waals surface area contributed by atoms with E-state index < -0.39 is 301 Å². The standard InChI is InChI=1S/C78H55N5Si/c1-78(2)68-40-15-9-32-61(68)66-39-23-38-60(74(66)78)54-26-21-30-58(50-54)84(56-28-7-4-8-29-56,57-48-46-53(47-49-57)52-24-5-3-6-25-52)59-31-22-27-55(51-59)75-79-76(81-77(80-75)83-71-43-18-12-35-64(71)65-36-13-19-44-72(65)83)67-37-14-20-45-73(67)82-69-41-16-10-33-62(69)63-34-11-17-42-70(63)82/h3-51H,1-2H3/i3D,5D,6D,10D,11D,12D,13D,14D,16D,17D,18D,19D,20D,21D,22D,24D,25D,26D,27D,30D,31D,33D,34D,35D,36D,37D,41D,42D,43D,44D,45D,50D,51D. The van der Waals surface area contributed by atoms with Gasteiger partial charge in [0, 0.05) is 38.1 Å². The molecule has 6 heteroatoms. The van der Waals surface area contributed by atoms with Crippen LogP contribution in [0.3, 0.4) is 0 Å².